The minimum Gasteiger partial charge on any atom is -0.379 e. The number of alkyl halides is 3. The molecule has 2 aliphatic rings. The van der Waals surface area contributed by atoms with Gasteiger partial charge in [0.15, 0.2) is 0 Å². The summed E-state index contributed by atoms with van der Waals surface area (Å²) in [6, 6.07) is 0. The average Bonchev–Trinajstić information content (AvgIpc) is 3.47. The number of hydrogen-bond acceptors (Lipinski definition) is 8. The highest BCUT2D eigenvalue weighted by Gasteiger charge is 2.35. The third-order valence-electron chi connectivity index (χ3n) is 6.26. The Morgan fingerprint density at radius 3 is 2.67 bits per heavy atom. The van der Waals surface area contributed by atoms with Crippen molar-refractivity contribution in [3.05, 3.63) is 24.2 Å². The van der Waals surface area contributed by atoms with E-state index >= 15 is 0 Å². The Bertz CT molecular complexity index is 994. The van der Waals surface area contributed by atoms with Crippen LogP contribution in [-0.4, -0.2) is 87.9 Å². The third-order valence-corrected chi connectivity index (χ3v) is 6.26. The lowest BCUT2D eigenvalue weighted by Crippen LogP contribution is -2.33. The van der Waals surface area contributed by atoms with E-state index in [1.807, 2.05) is 0 Å². The molecular weight excluding hydrogens is 477 g/mol. The van der Waals surface area contributed by atoms with Gasteiger partial charge in [-0.1, -0.05) is 0 Å². The monoisotopic (exact) mass is 510 g/mol. The first-order valence-corrected chi connectivity index (χ1v) is 12.4. The molecule has 4 heterocycles. The number of nitrogens with zero attached hydrogens (tertiary/aromatic N) is 6. The predicted octanol–water partition coefficient (Wildman–Crippen LogP) is 2.97. The number of rotatable bonds is 11. The number of anilines is 3. The number of carbonyl (C=O) groups excluding carboxylic acids is 1. The standard InChI is InChI=1S/C23H33F3N8O2/c24-23(25,26)19-16-28-22(30-18-15-29-34(17-18)11-4-9-32-7-1-2-8-32)31-21(19)27-6-3-10-33-12-14-36-13-5-20(33)35/h15-17H,1-14H2,(H2,27,28,30,31). The molecule has 0 radical (unpaired) electrons. The molecule has 198 valence electrons. The molecule has 0 aliphatic carbocycles. The quantitative estimate of drug-likeness (QED) is 0.445. The van der Waals surface area contributed by atoms with Crippen LogP contribution in [0.1, 0.15) is 37.7 Å². The number of aryl methyl sites for hydroxylation is 1. The molecule has 0 aromatic carbocycles. The largest absolute Gasteiger partial charge is 0.421 e. The summed E-state index contributed by atoms with van der Waals surface area (Å²) in [4.78, 5) is 24.1. The van der Waals surface area contributed by atoms with Gasteiger partial charge in [0, 0.05) is 38.6 Å². The first-order valence-electron chi connectivity index (χ1n) is 12.4. The Morgan fingerprint density at radius 2 is 1.86 bits per heavy atom. The van der Waals surface area contributed by atoms with Gasteiger partial charge in [-0.2, -0.15) is 23.3 Å². The maximum Gasteiger partial charge on any atom is 0.421 e. The van der Waals surface area contributed by atoms with Crippen LogP contribution in [0.15, 0.2) is 18.6 Å². The van der Waals surface area contributed by atoms with Gasteiger partial charge >= 0.3 is 6.18 Å². The molecular formula is C23H33F3N8O2. The molecule has 2 saturated heterocycles. The molecule has 2 fully saturated rings. The number of aromatic nitrogens is 4. The van der Waals surface area contributed by atoms with Gasteiger partial charge in [-0.05, 0) is 45.3 Å². The van der Waals surface area contributed by atoms with Crippen LogP contribution in [0.5, 0.6) is 0 Å². The predicted molar refractivity (Wildman–Crippen MR) is 128 cm³/mol. The fourth-order valence-corrected chi connectivity index (χ4v) is 4.36. The van der Waals surface area contributed by atoms with Crippen molar-refractivity contribution in [2.75, 3.05) is 63.1 Å². The van der Waals surface area contributed by atoms with Gasteiger partial charge < -0.3 is 25.2 Å². The summed E-state index contributed by atoms with van der Waals surface area (Å²) < 4.78 is 47.6. The van der Waals surface area contributed by atoms with Crippen LogP contribution in [0.25, 0.3) is 0 Å². The summed E-state index contributed by atoms with van der Waals surface area (Å²) in [5.74, 6) is -0.265. The molecule has 13 heteroatoms. The van der Waals surface area contributed by atoms with Gasteiger partial charge in [-0.15, -0.1) is 0 Å². The third kappa shape index (κ3) is 7.53. The normalized spacial score (nSPS) is 17.4. The summed E-state index contributed by atoms with van der Waals surface area (Å²) in [5, 5.41) is 10.0. The van der Waals surface area contributed by atoms with Crippen molar-refractivity contribution in [1.82, 2.24) is 29.5 Å². The highest BCUT2D eigenvalue weighted by atomic mass is 19.4. The second-order valence-corrected chi connectivity index (χ2v) is 9.00. The van der Waals surface area contributed by atoms with E-state index in [0.29, 0.717) is 44.8 Å². The number of nitrogens with one attached hydrogen (secondary N) is 2. The zero-order valence-electron chi connectivity index (χ0n) is 20.3. The molecule has 36 heavy (non-hydrogen) atoms. The highest BCUT2D eigenvalue weighted by Crippen LogP contribution is 2.34. The van der Waals surface area contributed by atoms with E-state index in [-0.39, 0.29) is 24.2 Å². The van der Waals surface area contributed by atoms with E-state index < -0.39 is 11.7 Å². The Balaban J connectivity index is 1.31. The molecule has 2 N–H and O–H groups in total. The summed E-state index contributed by atoms with van der Waals surface area (Å²) in [5.41, 5.74) is -0.339. The Morgan fingerprint density at radius 1 is 1.03 bits per heavy atom. The van der Waals surface area contributed by atoms with Gasteiger partial charge in [0.1, 0.15) is 11.4 Å². The minimum absolute atomic E-state index is 0.00593. The van der Waals surface area contributed by atoms with Crippen molar-refractivity contribution in [3.8, 4) is 0 Å². The second kappa shape index (κ2) is 12.3. The Hall–Kier alpha value is -2.93. The highest BCUT2D eigenvalue weighted by molar-refractivity contribution is 5.76. The lowest BCUT2D eigenvalue weighted by atomic mass is 10.3. The zero-order valence-corrected chi connectivity index (χ0v) is 20.3. The lowest BCUT2D eigenvalue weighted by molar-refractivity contribution is -0.137. The van der Waals surface area contributed by atoms with Crippen molar-refractivity contribution in [1.29, 1.82) is 0 Å². The smallest absolute Gasteiger partial charge is 0.379 e. The first-order chi connectivity index (χ1) is 17.4. The molecule has 0 saturated carbocycles. The molecule has 0 spiro atoms. The van der Waals surface area contributed by atoms with Crippen molar-refractivity contribution in [3.63, 3.8) is 0 Å². The lowest BCUT2D eigenvalue weighted by Gasteiger charge is -2.20. The summed E-state index contributed by atoms with van der Waals surface area (Å²) in [7, 11) is 0. The molecule has 1 amide bonds. The van der Waals surface area contributed by atoms with Crippen LogP contribution >= 0.6 is 0 Å². The van der Waals surface area contributed by atoms with Crippen molar-refractivity contribution < 1.29 is 22.7 Å². The number of halogens is 3. The first kappa shape index (κ1) is 26.1. The van der Waals surface area contributed by atoms with Gasteiger partial charge in [-0.25, -0.2) is 4.98 Å². The van der Waals surface area contributed by atoms with Gasteiger partial charge in [0.05, 0.1) is 31.5 Å². The summed E-state index contributed by atoms with van der Waals surface area (Å²) in [6.07, 6.45) is 3.85. The fraction of sp³-hybridized carbons (Fsp3) is 0.652. The van der Waals surface area contributed by atoms with Crippen molar-refractivity contribution in [2.45, 2.75) is 44.8 Å². The number of hydrogen-bond donors (Lipinski definition) is 2. The maximum absolute atomic E-state index is 13.5. The van der Waals surface area contributed by atoms with E-state index in [9.17, 15) is 18.0 Å². The number of carbonyl (C=O) groups is 1. The van der Waals surface area contributed by atoms with Crippen molar-refractivity contribution >= 4 is 23.4 Å². The zero-order chi connectivity index (χ0) is 25.4. The number of ether oxygens (including phenoxy) is 1. The van der Waals surface area contributed by atoms with Crippen LogP contribution in [-0.2, 0) is 22.3 Å². The molecule has 2 aliphatic heterocycles. The Kier molecular flexibility index (Phi) is 8.97. The number of amides is 1. The van der Waals surface area contributed by atoms with E-state index in [1.165, 1.54) is 12.8 Å². The second-order valence-electron chi connectivity index (χ2n) is 9.00. The molecule has 2 aromatic heterocycles. The molecule has 2 aromatic rings. The van der Waals surface area contributed by atoms with Crippen molar-refractivity contribution in [2.24, 2.45) is 0 Å². The van der Waals surface area contributed by atoms with Gasteiger partial charge in [0.2, 0.25) is 11.9 Å². The summed E-state index contributed by atoms with van der Waals surface area (Å²) in [6.45, 7) is 6.09. The molecule has 10 nitrogen and oxygen atoms in total. The summed E-state index contributed by atoms with van der Waals surface area (Å²) >= 11 is 0. The molecule has 0 atom stereocenters. The average molecular weight is 511 g/mol. The molecule has 0 bridgehead atoms. The van der Waals surface area contributed by atoms with Crippen LogP contribution in [0.4, 0.5) is 30.6 Å². The van der Waals surface area contributed by atoms with Crippen LogP contribution in [0, 0.1) is 0 Å². The topological polar surface area (TPSA) is 100 Å². The van der Waals surface area contributed by atoms with Gasteiger partial charge in [-0.3, -0.25) is 9.48 Å². The minimum atomic E-state index is -4.60. The number of likely N-dealkylation sites (tertiary alicyclic amines) is 1. The van der Waals surface area contributed by atoms with Crippen LogP contribution in [0.3, 0.4) is 0 Å². The van der Waals surface area contributed by atoms with E-state index in [1.54, 1.807) is 22.0 Å². The van der Waals surface area contributed by atoms with E-state index in [4.69, 9.17) is 4.74 Å². The van der Waals surface area contributed by atoms with Gasteiger partial charge in [0.25, 0.3) is 0 Å². The van der Waals surface area contributed by atoms with Crippen LogP contribution < -0.4 is 10.6 Å². The van der Waals surface area contributed by atoms with E-state index in [2.05, 4.69) is 30.6 Å². The molecule has 4 rings (SSSR count). The fourth-order valence-electron chi connectivity index (χ4n) is 4.36. The molecule has 0 unspecified atom stereocenters. The maximum atomic E-state index is 13.5. The Labute approximate surface area is 208 Å². The van der Waals surface area contributed by atoms with Crippen LogP contribution in [0.2, 0.25) is 0 Å². The SMILES string of the molecule is O=C1CCOCCN1CCCNc1nc(Nc2cnn(CCCN3CCCC3)c2)ncc1C(F)(F)F. The van der Waals surface area contributed by atoms with E-state index in [0.717, 1.165) is 38.8 Å².